The average Bonchev–Trinajstić information content (AvgIpc) is 3.18. The molecule has 1 aliphatic heterocycles. The van der Waals surface area contributed by atoms with E-state index in [1.807, 2.05) is 25.7 Å². The molecule has 0 saturated carbocycles. The van der Waals surface area contributed by atoms with E-state index in [0.29, 0.717) is 12.2 Å². The fourth-order valence-corrected chi connectivity index (χ4v) is 3.19. The quantitative estimate of drug-likeness (QED) is 0.870. The summed E-state index contributed by atoms with van der Waals surface area (Å²) in [4.78, 5) is 14.8. The number of hydrogen-bond donors (Lipinski definition) is 0. The summed E-state index contributed by atoms with van der Waals surface area (Å²) in [6.07, 6.45) is 3.63. The summed E-state index contributed by atoms with van der Waals surface area (Å²) >= 11 is 0. The molecule has 6 nitrogen and oxygen atoms in total. The van der Waals surface area contributed by atoms with Crippen LogP contribution in [0.4, 0.5) is 0 Å². The molecule has 1 atom stereocenters. The van der Waals surface area contributed by atoms with E-state index in [1.54, 1.807) is 16.9 Å². The van der Waals surface area contributed by atoms with Crippen molar-refractivity contribution in [2.45, 2.75) is 46.2 Å². The lowest BCUT2D eigenvalue weighted by Gasteiger charge is -2.24. The largest absolute Gasteiger partial charge is 0.361 e. The van der Waals surface area contributed by atoms with Crippen LogP contribution >= 0.6 is 0 Å². The van der Waals surface area contributed by atoms with Crippen molar-refractivity contribution < 1.29 is 9.32 Å². The van der Waals surface area contributed by atoms with Gasteiger partial charge in [0.25, 0.3) is 5.91 Å². The summed E-state index contributed by atoms with van der Waals surface area (Å²) in [7, 11) is 0. The number of aryl methyl sites for hydroxylation is 3. The number of amides is 1. The van der Waals surface area contributed by atoms with Gasteiger partial charge < -0.3 is 9.42 Å². The molecule has 112 valence electrons. The molecule has 1 aliphatic rings. The Morgan fingerprint density at radius 2 is 2.29 bits per heavy atom. The van der Waals surface area contributed by atoms with Crippen molar-refractivity contribution in [1.82, 2.24) is 19.8 Å². The Morgan fingerprint density at radius 3 is 2.95 bits per heavy atom. The molecule has 0 radical (unpaired) electrons. The Balaban J connectivity index is 1.93. The van der Waals surface area contributed by atoms with Crippen LogP contribution in [0.25, 0.3) is 0 Å². The second-order valence-electron chi connectivity index (χ2n) is 5.43. The van der Waals surface area contributed by atoms with E-state index in [0.717, 1.165) is 36.4 Å². The van der Waals surface area contributed by atoms with Crippen LogP contribution in [-0.4, -0.2) is 32.3 Å². The predicted octanol–water partition coefficient (Wildman–Crippen LogP) is 2.49. The summed E-state index contributed by atoms with van der Waals surface area (Å²) < 4.78 is 7.01. The van der Waals surface area contributed by atoms with Crippen LogP contribution in [0.3, 0.4) is 0 Å². The van der Waals surface area contributed by atoms with E-state index >= 15 is 0 Å². The highest BCUT2D eigenvalue weighted by Gasteiger charge is 2.35. The lowest BCUT2D eigenvalue weighted by molar-refractivity contribution is 0.0722. The molecule has 3 rings (SSSR count). The molecule has 1 unspecified atom stereocenters. The Kier molecular flexibility index (Phi) is 3.53. The zero-order chi connectivity index (χ0) is 15.0. The minimum atomic E-state index is 0.0388. The zero-order valence-electron chi connectivity index (χ0n) is 12.7. The third-order valence-electron chi connectivity index (χ3n) is 4.17. The van der Waals surface area contributed by atoms with Crippen LogP contribution in [0.2, 0.25) is 0 Å². The Bertz CT molecular complexity index is 639. The molecule has 1 amide bonds. The van der Waals surface area contributed by atoms with Gasteiger partial charge >= 0.3 is 0 Å². The molecule has 0 spiro atoms. The maximum Gasteiger partial charge on any atom is 0.272 e. The second kappa shape index (κ2) is 5.35. The molecule has 2 aromatic rings. The Hall–Kier alpha value is -2.11. The van der Waals surface area contributed by atoms with Gasteiger partial charge in [-0.05, 0) is 39.7 Å². The van der Waals surface area contributed by atoms with Crippen molar-refractivity contribution >= 4 is 5.91 Å². The van der Waals surface area contributed by atoms with Crippen molar-refractivity contribution in [1.29, 1.82) is 0 Å². The van der Waals surface area contributed by atoms with Crippen LogP contribution in [-0.2, 0) is 6.54 Å². The first-order chi connectivity index (χ1) is 10.1. The topological polar surface area (TPSA) is 64.2 Å². The van der Waals surface area contributed by atoms with Gasteiger partial charge in [0.2, 0.25) is 0 Å². The van der Waals surface area contributed by atoms with Gasteiger partial charge in [0.1, 0.15) is 11.5 Å². The van der Waals surface area contributed by atoms with Crippen molar-refractivity contribution in [3.63, 3.8) is 0 Å². The molecule has 6 heteroatoms. The first kappa shape index (κ1) is 13.9. The second-order valence-corrected chi connectivity index (χ2v) is 5.43. The van der Waals surface area contributed by atoms with E-state index in [4.69, 9.17) is 4.52 Å². The number of carbonyl (C=O) groups excluding carboxylic acids is 1. The monoisotopic (exact) mass is 288 g/mol. The van der Waals surface area contributed by atoms with Gasteiger partial charge in [-0.3, -0.25) is 9.48 Å². The highest BCUT2D eigenvalue weighted by molar-refractivity contribution is 5.93. The third-order valence-corrected chi connectivity index (χ3v) is 4.17. The molecular formula is C15H20N4O2. The van der Waals surface area contributed by atoms with E-state index < -0.39 is 0 Å². The minimum absolute atomic E-state index is 0.0388. The molecular weight excluding hydrogens is 268 g/mol. The molecule has 0 N–H and O–H groups in total. The number of hydrogen-bond acceptors (Lipinski definition) is 4. The maximum absolute atomic E-state index is 12.8. The van der Waals surface area contributed by atoms with Crippen molar-refractivity contribution in [2.24, 2.45) is 0 Å². The molecule has 0 aliphatic carbocycles. The van der Waals surface area contributed by atoms with Crippen LogP contribution in [0, 0.1) is 13.8 Å². The number of likely N-dealkylation sites (tertiary alicyclic amines) is 1. The molecule has 1 saturated heterocycles. The van der Waals surface area contributed by atoms with Gasteiger partial charge in [-0.25, -0.2) is 0 Å². The summed E-state index contributed by atoms with van der Waals surface area (Å²) in [5.41, 5.74) is 2.58. The van der Waals surface area contributed by atoms with Gasteiger partial charge in [0.05, 0.1) is 11.7 Å². The summed E-state index contributed by atoms with van der Waals surface area (Å²) in [6.45, 7) is 7.29. The summed E-state index contributed by atoms with van der Waals surface area (Å²) in [5, 5.41) is 8.21. The number of aromatic nitrogens is 3. The van der Waals surface area contributed by atoms with Gasteiger partial charge in [0.15, 0.2) is 0 Å². The van der Waals surface area contributed by atoms with Crippen LogP contribution < -0.4 is 0 Å². The van der Waals surface area contributed by atoms with Gasteiger partial charge in [-0.1, -0.05) is 5.16 Å². The first-order valence-electron chi connectivity index (χ1n) is 7.39. The summed E-state index contributed by atoms with van der Waals surface area (Å²) in [5.74, 6) is 0.845. The Morgan fingerprint density at radius 1 is 1.48 bits per heavy atom. The normalized spacial score (nSPS) is 18.4. The first-order valence-corrected chi connectivity index (χ1v) is 7.39. The molecule has 3 heterocycles. The van der Waals surface area contributed by atoms with E-state index in [-0.39, 0.29) is 11.9 Å². The number of carbonyl (C=O) groups is 1. The lowest BCUT2D eigenvalue weighted by Crippen LogP contribution is -2.32. The molecule has 2 aromatic heterocycles. The average molecular weight is 288 g/mol. The van der Waals surface area contributed by atoms with E-state index in [9.17, 15) is 4.79 Å². The number of nitrogens with zero attached hydrogens (tertiary/aromatic N) is 4. The third kappa shape index (κ3) is 2.24. The lowest BCUT2D eigenvalue weighted by atomic mass is 10.0. The van der Waals surface area contributed by atoms with Crippen LogP contribution in [0.5, 0.6) is 0 Å². The van der Waals surface area contributed by atoms with E-state index in [2.05, 4.69) is 10.3 Å². The van der Waals surface area contributed by atoms with Crippen molar-refractivity contribution in [2.75, 3.05) is 6.54 Å². The predicted molar refractivity (Wildman–Crippen MR) is 76.9 cm³/mol. The molecule has 0 aromatic carbocycles. The fraction of sp³-hybridized carbons (Fsp3) is 0.533. The van der Waals surface area contributed by atoms with Crippen molar-refractivity contribution in [3.8, 4) is 0 Å². The van der Waals surface area contributed by atoms with Crippen LogP contribution in [0.15, 0.2) is 16.8 Å². The molecule has 1 fully saturated rings. The summed E-state index contributed by atoms with van der Waals surface area (Å²) in [6, 6.07) is 1.85. The Labute approximate surface area is 123 Å². The maximum atomic E-state index is 12.8. The molecule has 0 bridgehead atoms. The highest BCUT2D eigenvalue weighted by Crippen LogP contribution is 2.36. The minimum Gasteiger partial charge on any atom is -0.361 e. The van der Waals surface area contributed by atoms with E-state index in [1.165, 1.54) is 0 Å². The van der Waals surface area contributed by atoms with Gasteiger partial charge in [0, 0.05) is 24.8 Å². The highest BCUT2D eigenvalue weighted by atomic mass is 16.5. The number of rotatable bonds is 3. The zero-order valence-corrected chi connectivity index (χ0v) is 12.7. The standard InChI is InChI=1S/C15H20N4O2/c1-4-19-13(7-8-16-19)15(20)18-9-5-6-12(18)14-10(2)17-21-11(14)3/h7-8,12H,4-6,9H2,1-3H3. The van der Waals surface area contributed by atoms with Gasteiger partial charge in [-0.2, -0.15) is 5.10 Å². The smallest absolute Gasteiger partial charge is 0.272 e. The van der Waals surface area contributed by atoms with Gasteiger partial charge in [-0.15, -0.1) is 0 Å². The van der Waals surface area contributed by atoms with Crippen LogP contribution in [0.1, 0.15) is 53.3 Å². The van der Waals surface area contributed by atoms with Crippen molar-refractivity contribution in [3.05, 3.63) is 35.0 Å². The fourth-order valence-electron chi connectivity index (χ4n) is 3.19. The SMILES string of the molecule is CCn1nccc1C(=O)N1CCCC1c1c(C)noc1C. The molecule has 21 heavy (non-hydrogen) atoms.